The Morgan fingerprint density at radius 2 is 1.72 bits per heavy atom. The molecule has 0 bridgehead atoms. The topological polar surface area (TPSA) is 57.7 Å². The van der Waals surface area contributed by atoms with Crippen molar-refractivity contribution < 1.29 is 17.6 Å². The molecule has 2 aromatic carbocycles. The first kappa shape index (κ1) is 21.5. The van der Waals surface area contributed by atoms with Crippen molar-refractivity contribution in [2.75, 3.05) is 14.1 Å². The summed E-state index contributed by atoms with van der Waals surface area (Å²) in [4.78, 5) is 14.3. The molecule has 1 saturated carbocycles. The lowest BCUT2D eigenvalue weighted by Gasteiger charge is -2.30. The van der Waals surface area contributed by atoms with Gasteiger partial charge in [0.2, 0.25) is 10.0 Å². The third-order valence-corrected chi connectivity index (χ3v) is 7.46. The average molecular weight is 419 g/mol. The molecule has 0 heterocycles. The van der Waals surface area contributed by atoms with Crippen molar-refractivity contribution in [1.29, 1.82) is 0 Å². The molecule has 0 atom stereocenters. The second kappa shape index (κ2) is 9.05. The number of hydrogen-bond donors (Lipinski definition) is 0. The third-order valence-electron chi connectivity index (χ3n) is 5.56. The molecule has 29 heavy (non-hydrogen) atoms. The zero-order valence-corrected chi connectivity index (χ0v) is 17.7. The molecule has 0 N–H and O–H groups in total. The van der Waals surface area contributed by atoms with E-state index in [-0.39, 0.29) is 34.8 Å². The SMILES string of the molecule is CN(Cc1ccccc1F)C(=O)c1cccc(S(=O)(=O)N(C)C2CCCCC2)c1. The van der Waals surface area contributed by atoms with Gasteiger partial charge in [-0.2, -0.15) is 4.31 Å². The maximum atomic E-state index is 13.9. The number of rotatable bonds is 6. The van der Waals surface area contributed by atoms with E-state index >= 15 is 0 Å². The molecule has 2 aromatic rings. The van der Waals surface area contributed by atoms with Crippen LogP contribution in [0.1, 0.15) is 48.0 Å². The molecule has 0 aliphatic heterocycles. The summed E-state index contributed by atoms with van der Waals surface area (Å²) >= 11 is 0. The number of nitrogens with zero attached hydrogens (tertiary/aromatic N) is 2. The van der Waals surface area contributed by atoms with Crippen LogP contribution < -0.4 is 0 Å². The highest BCUT2D eigenvalue weighted by atomic mass is 32.2. The molecule has 0 radical (unpaired) electrons. The minimum atomic E-state index is -3.68. The number of hydrogen-bond acceptors (Lipinski definition) is 3. The molecule has 0 spiro atoms. The highest BCUT2D eigenvalue weighted by molar-refractivity contribution is 7.89. The van der Waals surface area contributed by atoms with E-state index in [4.69, 9.17) is 0 Å². The Labute approximate surface area is 172 Å². The first-order valence-corrected chi connectivity index (χ1v) is 11.3. The maximum absolute atomic E-state index is 13.9. The van der Waals surface area contributed by atoms with E-state index in [2.05, 4.69) is 0 Å². The van der Waals surface area contributed by atoms with Crippen LogP contribution >= 0.6 is 0 Å². The number of halogens is 1. The van der Waals surface area contributed by atoms with Gasteiger partial charge in [-0.25, -0.2) is 12.8 Å². The number of sulfonamides is 1. The van der Waals surface area contributed by atoms with Gasteiger partial charge in [-0.05, 0) is 37.1 Å². The van der Waals surface area contributed by atoms with E-state index in [1.54, 1.807) is 44.4 Å². The molecule has 5 nitrogen and oxygen atoms in total. The number of benzene rings is 2. The monoisotopic (exact) mass is 418 g/mol. The van der Waals surface area contributed by atoms with Crippen LogP contribution in [0.3, 0.4) is 0 Å². The Morgan fingerprint density at radius 3 is 2.41 bits per heavy atom. The minimum absolute atomic E-state index is 0.00293. The predicted molar refractivity (Wildman–Crippen MR) is 110 cm³/mol. The number of carbonyl (C=O) groups is 1. The van der Waals surface area contributed by atoms with Crippen LogP contribution in [0.2, 0.25) is 0 Å². The molecule has 7 heteroatoms. The van der Waals surface area contributed by atoms with Crippen molar-refractivity contribution in [2.24, 2.45) is 0 Å². The summed E-state index contributed by atoms with van der Waals surface area (Å²) in [6.07, 6.45) is 4.93. The van der Waals surface area contributed by atoms with Crippen LogP contribution in [-0.2, 0) is 16.6 Å². The van der Waals surface area contributed by atoms with Gasteiger partial charge in [0.05, 0.1) is 4.90 Å². The van der Waals surface area contributed by atoms with Crippen LogP contribution in [0.25, 0.3) is 0 Å². The fourth-order valence-corrected chi connectivity index (χ4v) is 5.23. The van der Waals surface area contributed by atoms with Gasteiger partial charge in [-0.15, -0.1) is 0 Å². The van der Waals surface area contributed by atoms with E-state index in [9.17, 15) is 17.6 Å². The molecule has 1 aliphatic rings. The summed E-state index contributed by atoms with van der Waals surface area (Å²) in [7, 11) is -0.495. The van der Waals surface area contributed by atoms with E-state index in [0.29, 0.717) is 5.56 Å². The van der Waals surface area contributed by atoms with Crippen LogP contribution in [0, 0.1) is 5.82 Å². The van der Waals surface area contributed by atoms with Crippen LogP contribution in [0.5, 0.6) is 0 Å². The number of carbonyl (C=O) groups excluding carboxylic acids is 1. The van der Waals surface area contributed by atoms with Crippen molar-refractivity contribution in [3.05, 3.63) is 65.5 Å². The van der Waals surface area contributed by atoms with E-state index in [1.165, 1.54) is 27.4 Å². The average Bonchev–Trinajstić information content (AvgIpc) is 2.75. The van der Waals surface area contributed by atoms with Crippen molar-refractivity contribution in [3.63, 3.8) is 0 Å². The van der Waals surface area contributed by atoms with Crippen LogP contribution in [0.4, 0.5) is 4.39 Å². The van der Waals surface area contributed by atoms with Crippen molar-refractivity contribution in [3.8, 4) is 0 Å². The first-order valence-electron chi connectivity index (χ1n) is 9.87. The number of amides is 1. The summed E-state index contributed by atoms with van der Waals surface area (Å²) in [5.74, 6) is -0.733. The summed E-state index contributed by atoms with van der Waals surface area (Å²) in [6, 6.07) is 12.4. The fourth-order valence-electron chi connectivity index (χ4n) is 3.77. The lowest BCUT2D eigenvalue weighted by atomic mass is 9.96. The Balaban J connectivity index is 1.79. The zero-order chi connectivity index (χ0) is 21.0. The Kier molecular flexibility index (Phi) is 6.70. The molecule has 0 aromatic heterocycles. The quantitative estimate of drug-likeness (QED) is 0.711. The Bertz CT molecular complexity index is 972. The van der Waals surface area contributed by atoms with Gasteiger partial charge >= 0.3 is 0 Å². The first-order chi connectivity index (χ1) is 13.8. The van der Waals surface area contributed by atoms with Crippen molar-refractivity contribution in [1.82, 2.24) is 9.21 Å². The second-order valence-corrected chi connectivity index (χ2v) is 9.59. The lowest BCUT2D eigenvalue weighted by molar-refractivity contribution is 0.0783. The standard InChI is InChI=1S/C22H27FN2O3S/c1-24(16-18-9-6-7-14-21(18)23)22(26)17-10-8-13-20(15-17)29(27,28)25(2)19-11-4-3-5-12-19/h6-10,13-15,19H,3-5,11-12,16H2,1-2H3. The van der Waals surface area contributed by atoms with Crippen LogP contribution in [0.15, 0.2) is 53.4 Å². The van der Waals surface area contributed by atoms with Gasteiger partial charge in [0, 0.05) is 37.8 Å². The minimum Gasteiger partial charge on any atom is -0.337 e. The largest absolute Gasteiger partial charge is 0.337 e. The maximum Gasteiger partial charge on any atom is 0.253 e. The van der Waals surface area contributed by atoms with Gasteiger partial charge in [0.25, 0.3) is 5.91 Å². The molecule has 1 aliphatic carbocycles. The molecule has 0 saturated heterocycles. The van der Waals surface area contributed by atoms with Gasteiger partial charge in [-0.1, -0.05) is 43.5 Å². The predicted octanol–water partition coefficient (Wildman–Crippen LogP) is 4.05. The summed E-state index contributed by atoms with van der Waals surface area (Å²) in [6.45, 7) is 0.102. The summed E-state index contributed by atoms with van der Waals surface area (Å²) in [5, 5.41) is 0. The highest BCUT2D eigenvalue weighted by Crippen LogP contribution is 2.27. The summed E-state index contributed by atoms with van der Waals surface area (Å²) < 4.78 is 41.4. The van der Waals surface area contributed by atoms with Crippen LogP contribution in [-0.4, -0.2) is 43.7 Å². The molecule has 1 amide bonds. The van der Waals surface area contributed by atoms with E-state index < -0.39 is 10.0 Å². The second-order valence-electron chi connectivity index (χ2n) is 7.59. The van der Waals surface area contributed by atoms with Crippen molar-refractivity contribution in [2.45, 2.75) is 49.6 Å². The smallest absolute Gasteiger partial charge is 0.253 e. The Morgan fingerprint density at radius 1 is 1.03 bits per heavy atom. The van der Waals surface area contributed by atoms with E-state index in [1.807, 2.05) is 0 Å². The Hall–Kier alpha value is -2.25. The molecular weight excluding hydrogens is 391 g/mol. The van der Waals surface area contributed by atoms with Gasteiger partial charge in [-0.3, -0.25) is 4.79 Å². The molecule has 156 valence electrons. The highest BCUT2D eigenvalue weighted by Gasteiger charge is 2.29. The molecule has 3 rings (SSSR count). The third kappa shape index (κ3) is 4.85. The molecule has 1 fully saturated rings. The lowest BCUT2D eigenvalue weighted by Crippen LogP contribution is -2.38. The normalized spacial score (nSPS) is 15.4. The zero-order valence-electron chi connectivity index (χ0n) is 16.8. The van der Waals surface area contributed by atoms with Crippen molar-refractivity contribution >= 4 is 15.9 Å². The molecule has 0 unspecified atom stereocenters. The van der Waals surface area contributed by atoms with Gasteiger partial charge < -0.3 is 4.90 Å². The van der Waals surface area contributed by atoms with E-state index in [0.717, 1.165) is 32.1 Å². The molecular formula is C22H27FN2O3S. The summed E-state index contributed by atoms with van der Waals surface area (Å²) in [5.41, 5.74) is 0.672. The fraction of sp³-hybridized carbons (Fsp3) is 0.409. The van der Waals surface area contributed by atoms with Gasteiger partial charge in [0.15, 0.2) is 0 Å². The van der Waals surface area contributed by atoms with Gasteiger partial charge in [0.1, 0.15) is 5.82 Å².